The van der Waals surface area contributed by atoms with Gasteiger partial charge in [0.05, 0.1) is 7.11 Å². The maximum Gasteiger partial charge on any atom is 0.325 e. The summed E-state index contributed by atoms with van der Waals surface area (Å²) in [6.07, 6.45) is 7.59. The molecule has 196 valence electrons. The Kier molecular flexibility index (Phi) is 7.49. The number of ether oxygens (including phenoxy) is 3. The summed E-state index contributed by atoms with van der Waals surface area (Å²) in [6.45, 7) is 7.60. The van der Waals surface area contributed by atoms with Crippen LogP contribution in [0.2, 0.25) is 0 Å². The second-order valence-corrected chi connectivity index (χ2v) is 11.9. The number of carbonyl (C=O) groups is 4. The van der Waals surface area contributed by atoms with Crippen LogP contribution in [0.3, 0.4) is 0 Å². The third-order valence-corrected chi connectivity index (χ3v) is 10.9. The standard InChI is InChI=1S/C27H41NO7/c1-16(25(32)28-13-24(31)33-4)20-7-8-21-19-6-5-17-11-18(34-14-29)9-10-26(17,2)22(19)12-23(35-15-30)27(20,21)3/h14-23H,5-13H2,1-4H3,(H,28,32)/t16-,17?,18+,19?,20+,21?,22?,23-,26-,27+/m0/s1. The molecule has 0 aromatic rings. The van der Waals surface area contributed by atoms with Gasteiger partial charge < -0.3 is 19.5 Å². The lowest BCUT2D eigenvalue weighted by Gasteiger charge is -2.62. The Morgan fingerprint density at radius 2 is 1.74 bits per heavy atom. The third-order valence-electron chi connectivity index (χ3n) is 10.9. The minimum atomic E-state index is -0.470. The minimum Gasteiger partial charge on any atom is -0.468 e. The van der Waals surface area contributed by atoms with Crippen molar-refractivity contribution in [2.24, 2.45) is 46.3 Å². The van der Waals surface area contributed by atoms with Crippen molar-refractivity contribution < 1.29 is 33.4 Å². The molecule has 10 atom stereocenters. The minimum absolute atomic E-state index is 0.0122. The number of amides is 1. The van der Waals surface area contributed by atoms with Crippen LogP contribution in [-0.4, -0.2) is 50.7 Å². The van der Waals surface area contributed by atoms with Gasteiger partial charge in [0.15, 0.2) is 0 Å². The quantitative estimate of drug-likeness (QED) is 0.315. The van der Waals surface area contributed by atoms with Crippen LogP contribution in [0, 0.1) is 46.3 Å². The Hall–Kier alpha value is -2.12. The molecule has 1 N–H and O–H groups in total. The molecule has 1 amide bonds. The highest BCUT2D eigenvalue weighted by Crippen LogP contribution is 2.68. The summed E-state index contributed by atoms with van der Waals surface area (Å²) >= 11 is 0. The van der Waals surface area contributed by atoms with Gasteiger partial charge in [0.1, 0.15) is 18.8 Å². The van der Waals surface area contributed by atoms with E-state index in [1.807, 2.05) is 6.92 Å². The second-order valence-electron chi connectivity index (χ2n) is 11.9. The highest BCUT2D eigenvalue weighted by atomic mass is 16.5. The molecule has 35 heavy (non-hydrogen) atoms. The lowest BCUT2D eigenvalue weighted by atomic mass is 9.43. The molecule has 0 radical (unpaired) electrons. The summed E-state index contributed by atoms with van der Waals surface area (Å²) in [7, 11) is 1.30. The van der Waals surface area contributed by atoms with Gasteiger partial charge in [-0.1, -0.05) is 20.8 Å². The zero-order chi connectivity index (χ0) is 25.4. The molecule has 0 aromatic heterocycles. The predicted molar refractivity (Wildman–Crippen MR) is 127 cm³/mol. The average Bonchev–Trinajstić information content (AvgIpc) is 3.21. The Morgan fingerprint density at radius 3 is 2.43 bits per heavy atom. The van der Waals surface area contributed by atoms with E-state index in [1.54, 1.807) is 0 Å². The van der Waals surface area contributed by atoms with Crippen molar-refractivity contribution >= 4 is 24.8 Å². The molecule has 8 heteroatoms. The van der Waals surface area contributed by atoms with Crippen molar-refractivity contribution in [2.45, 2.75) is 84.3 Å². The summed E-state index contributed by atoms with van der Waals surface area (Å²) < 4.78 is 15.9. The Labute approximate surface area is 208 Å². The van der Waals surface area contributed by atoms with Crippen LogP contribution >= 0.6 is 0 Å². The number of esters is 1. The van der Waals surface area contributed by atoms with E-state index < -0.39 is 5.97 Å². The molecule has 0 heterocycles. The van der Waals surface area contributed by atoms with Crippen molar-refractivity contribution in [3.05, 3.63) is 0 Å². The lowest BCUT2D eigenvalue weighted by Crippen LogP contribution is -2.59. The maximum absolute atomic E-state index is 13.0. The molecular formula is C27H41NO7. The normalized spacial score (nSPS) is 42.9. The summed E-state index contributed by atoms with van der Waals surface area (Å²) in [5, 5.41) is 2.72. The fraction of sp³-hybridized carbons (Fsp3) is 0.852. The van der Waals surface area contributed by atoms with Crippen LogP contribution in [0.15, 0.2) is 0 Å². The third kappa shape index (κ3) is 4.35. The summed E-state index contributed by atoms with van der Waals surface area (Å²) in [5.41, 5.74) is -0.149. The molecule has 4 aliphatic rings. The zero-order valence-electron chi connectivity index (χ0n) is 21.5. The fourth-order valence-electron chi connectivity index (χ4n) is 9.05. The first-order valence-corrected chi connectivity index (χ1v) is 13.2. The van der Waals surface area contributed by atoms with Gasteiger partial charge in [-0.3, -0.25) is 19.2 Å². The first kappa shape index (κ1) is 26.0. The van der Waals surface area contributed by atoms with Crippen LogP contribution in [0.1, 0.15) is 72.1 Å². The van der Waals surface area contributed by atoms with E-state index in [1.165, 1.54) is 7.11 Å². The predicted octanol–water partition coefficient (Wildman–Crippen LogP) is 3.26. The van der Waals surface area contributed by atoms with Gasteiger partial charge in [-0.2, -0.15) is 0 Å². The number of hydrogen-bond donors (Lipinski definition) is 1. The summed E-state index contributed by atoms with van der Waals surface area (Å²) in [4.78, 5) is 47.1. The molecule has 0 aliphatic heterocycles. The largest absolute Gasteiger partial charge is 0.468 e. The van der Waals surface area contributed by atoms with Gasteiger partial charge in [-0.15, -0.1) is 0 Å². The highest BCUT2D eigenvalue weighted by Gasteiger charge is 2.65. The Bertz CT molecular complexity index is 832. The number of methoxy groups -OCH3 is 1. The summed E-state index contributed by atoms with van der Waals surface area (Å²) in [6, 6.07) is 0. The SMILES string of the molecule is COC(=O)CNC(=O)[C@@H](C)[C@H]1CCC2C3CCC4C[C@H](OC=O)CC[C@]4(C)C3C[C@H](OC=O)[C@@]21C. The zero-order valence-corrected chi connectivity index (χ0v) is 21.5. The lowest BCUT2D eigenvalue weighted by molar-refractivity contribution is -0.191. The van der Waals surface area contributed by atoms with Crippen LogP contribution in [0.4, 0.5) is 0 Å². The Balaban J connectivity index is 1.56. The smallest absolute Gasteiger partial charge is 0.325 e. The van der Waals surface area contributed by atoms with E-state index in [0.717, 1.165) is 51.4 Å². The first-order chi connectivity index (χ1) is 16.7. The van der Waals surface area contributed by atoms with Gasteiger partial charge in [0.25, 0.3) is 12.9 Å². The topological polar surface area (TPSA) is 108 Å². The monoisotopic (exact) mass is 491 g/mol. The number of carbonyl (C=O) groups excluding carboxylic acids is 4. The van der Waals surface area contributed by atoms with Gasteiger partial charge in [0, 0.05) is 11.3 Å². The maximum atomic E-state index is 13.0. The van der Waals surface area contributed by atoms with E-state index in [2.05, 4.69) is 23.9 Å². The van der Waals surface area contributed by atoms with Crippen molar-refractivity contribution in [1.82, 2.24) is 5.32 Å². The van der Waals surface area contributed by atoms with Crippen molar-refractivity contribution in [3.63, 3.8) is 0 Å². The molecule has 4 fully saturated rings. The van der Waals surface area contributed by atoms with E-state index >= 15 is 0 Å². The Morgan fingerprint density at radius 1 is 1.00 bits per heavy atom. The van der Waals surface area contributed by atoms with E-state index in [9.17, 15) is 19.2 Å². The van der Waals surface area contributed by atoms with E-state index in [0.29, 0.717) is 36.6 Å². The van der Waals surface area contributed by atoms with Crippen LogP contribution < -0.4 is 5.32 Å². The van der Waals surface area contributed by atoms with Crippen LogP contribution in [-0.2, 0) is 33.4 Å². The van der Waals surface area contributed by atoms with Gasteiger partial charge in [-0.05, 0) is 86.4 Å². The molecule has 4 aliphatic carbocycles. The number of rotatable bonds is 8. The van der Waals surface area contributed by atoms with Crippen molar-refractivity contribution in [1.29, 1.82) is 0 Å². The molecule has 0 aromatic carbocycles. The molecule has 0 saturated heterocycles. The highest BCUT2D eigenvalue weighted by molar-refractivity contribution is 5.83. The number of fused-ring (bicyclic) bond motifs is 5. The molecule has 4 rings (SSSR count). The van der Waals surface area contributed by atoms with Crippen LogP contribution in [0.5, 0.6) is 0 Å². The first-order valence-electron chi connectivity index (χ1n) is 13.2. The van der Waals surface area contributed by atoms with E-state index in [-0.39, 0.29) is 47.3 Å². The van der Waals surface area contributed by atoms with Gasteiger partial charge >= 0.3 is 5.97 Å². The van der Waals surface area contributed by atoms with Gasteiger partial charge in [0.2, 0.25) is 5.91 Å². The number of nitrogens with one attached hydrogen (secondary N) is 1. The molecule has 0 spiro atoms. The van der Waals surface area contributed by atoms with Gasteiger partial charge in [-0.25, -0.2) is 0 Å². The molecular weight excluding hydrogens is 450 g/mol. The molecule has 4 unspecified atom stereocenters. The van der Waals surface area contributed by atoms with Crippen molar-refractivity contribution in [2.75, 3.05) is 13.7 Å². The molecule has 0 bridgehead atoms. The average molecular weight is 492 g/mol. The van der Waals surface area contributed by atoms with Crippen LogP contribution in [0.25, 0.3) is 0 Å². The van der Waals surface area contributed by atoms with Crippen molar-refractivity contribution in [3.8, 4) is 0 Å². The van der Waals surface area contributed by atoms with E-state index in [4.69, 9.17) is 9.47 Å². The molecule has 4 saturated carbocycles. The fourth-order valence-corrected chi connectivity index (χ4v) is 9.05. The second kappa shape index (κ2) is 10.1. The number of hydrogen-bond acceptors (Lipinski definition) is 7. The molecule has 8 nitrogen and oxygen atoms in total. The summed E-state index contributed by atoms with van der Waals surface area (Å²) in [5.74, 6) is 1.01.